The molecule has 0 atom stereocenters. The summed E-state index contributed by atoms with van der Waals surface area (Å²) in [6.07, 6.45) is 0.189. The molecule has 9 nitrogen and oxygen atoms in total. The molecular formula is C20H17NO8S. The van der Waals surface area contributed by atoms with Gasteiger partial charge in [0.25, 0.3) is 0 Å². The van der Waals surface area contributed by atoms with Crippen LogP contribution in [-0.2, 0) is 14.8 Å². The van der Waals surface area contributed by atoms with Crippen LogP contribution >= 0.6 is 0 Å². The van der Waals surface area contributed by atoms with E-state index in [0.29, 0.717) is 0 Å². The summed E-state index contributed by atoms with van der Waals surface area (Å²) in [6, 6.07) is 6.84. The van der Waals surface area contributed by atoms with Gasteiger partial charge in [0.15, 0.2) is 23.1 Å². The highest BCUT2D eigenvalue weighted by Crippen LogP contribution is 2.43. The Morgan fingerprint density at radius 1 is 0.933 bits per heavy atom. The van der Waals surface area contributed by atoms with Gasteiger partial charge in [-0.3, -0.25) is 14.4 Å². The van der Waals surface area contributed by atoms with Gasteiger partial charge in [-0.25, -0.2) is 8.42 Å². The highest BCUT2D eigenvalue weighted by atomic mass is 32.2. The van der Waals surface area contributed by atoms with Crippen molar-refractivity contribution >= 4 is 27.6 Å². The van der Waals surface area contributed by atoms with Crippen LogP contribution in [0.4, 0.5) is 0 Å². The number of carboxylic acid groups (broad SMARTS) is 1. The number of hydrogen-bond donors (Lipinski definition) is 3. The number of carbonyl (C=O) groups is 3. The zero-order valence-electron chi connectivity index (χ0n) is 15.5. The summed E-state index contributed by atoms with van der Waals surface area (Å²) in [5, 5.41) is 29.9. The van der Waals surface area contributed by atoms with Crippen LogP contribution in [0, 0.1) is 5.92 Å². The number of sulfonamides is 1. The van der Waals surface area contributed by atoms with E-state index in [2.05, 4.69) is 0 Å². The summed E-state index contributed by atoms with van der Waals surface area (Å²) in [5.41, 5.74) is -0.630. The average Bonchev–Trinajstić information content (AvgIpc) is 2.73. The molecule has 2 aliphatic rings. The Labute approximate surface area is 171 Å². The first kappa shape index (κ1) is 20.0. The van der Waals surface area contributed by atoms with Crippen LogP contribution in [0.3, 0.4) is 0 Å². The number of phenols is 2. The van der Waals surface area contributed by atoms with Crippen LogP contribution in [-0.4, -0.2) is 58.7 Å². The van der Waals surface area contributed by atoms with E-state index in [-0.39, 0.29) is 42.6 Å². The molecule has 3 N–H and O–H groups in total. The van der Waals surface area contributed by atoms with Crippen LogP contribution in [0.2, 0.25) is 0 Å². The quantitative estimate of drug-likeness (QED) is 0.526. The molecule has 0 radical (unpaired) electrons. The maximum atomic E-state index is 13.1. The zero-order chi connectivity index (χ0) is 21.8. The number of carboxylic acids is 1. The van der Waals surface area contributed by atoms with E-state index in [4.69, 9.17) is 5.11 Å². The van der Waals surface area contributed by atoms with E-state index in [0.717, 1.165) is 10.4 Å². The van der Waals surface area contributed by atoms with Crippen molar-refractivity contribution in [2.45, 2.75) is 17.7 Å². The van der Waals surface area contributed by atoms with Crippen LogP contribution in [0.25, 0.3) is 0 Å². The molecule has 1 saturated heterocycles. The lowest BCUT2D eigenvalue weighted by atomic mass is 9.83. The van der Waals surface area contributed by atoms with Gasteiger partial charge in [-0.2, -0.15) is 4.31 Å². The molecule has 1 fully saturated rings. The number of phenolic OH excluding ortho intramolecular Hbond substituents is 2. The summed E-state index contributed by atoms with van der Waals surface area (Å²) in [6.45, 7) is -0.182. The fourth-order valence-corrected chi connectivity index (χ4v) is 5.46. The number of piperidine rings is 1. The molecule has 4 rings (SSSR count). The lowest BCUT2D eigenvalue weighted by Gasteiger charge is -2.30. The van der Waals surface area contributed by atoms with Gasteiger partial charge in [0.2, 0.25) is 10.0 Å². The van der Waals surface area contributed by atoms with Crippen molar-refractivity contribution in [2.75, 3.05) is 13.1 Å². The molecule has 0 aromatic heterocycles. The minimum Gasteiger partial charge on any atom is -0.504 e. The average molecular weight is 431 g/mol. The van der Waals surface area contributed by atoms with Gasteiger partial charge in [-0.15, -0.1) is 0 Å². The number of benzene rings is 2. The number of fused-ring (bicyclic) bond motifs is 2. The Hall–Kier alpha value is -3.24. The molecule has 1 heterocycles. The fraction of sp³-hybridized carbons (Fsp3) is 0.250. The molecule has 0 amide bonds. The molecule has 2 aromatic rings. The Morgan fingerprint density at radius 2 is 1.50 bits per heavy atom. The molecule has 0 saturated carbocycles. The largest absolute Gasteiger partial charge is 0.504 e. The zero-order valence-corrected chi connectivity index (χ0v) is 16.3. The minimum absolute atomic E-state index is 0.0519. The Balaban J connectivity index is 1.80. The van der Waals surface area contributed by atoms with Crippen LogP contribution in [0.1, 0.15) is 44.7 Å². The van der Waals surface area contributed by atoms with Crippen molar-refractivity contribution in [3.8, 4) is 11.5 Å². The molecule has 156 valence electrons. The van der Waals surface area contributed by atoms with E-state index in [1.165, 1.54) is 12.1 Å². The summed E-state index contributed by atoms with van der Waals surface area (Å²) in [5.74, 6) is -5.01. The van der Waals surface area contributed by atoms with E-state index in [1.54, 1.807) is 12.1 Å². The lowest BCUT2D eigenvalue weighted by Crippen LogP contribution is -2.40. The first-order valence-corrected chi connectivity index (χ1v) is 10.6. The third kappa shape index (κ3) is 2.87. The smallest absolute Gasteiger partial charge is 0.306 e. The fourth-order valence-electron chi connectivity index (χ4n) is 3.88. The first-order valence-electron chi connectivity index (χ1n) is 9.15. The molecule has 1 aliphatic carbocycles. The number of rotatable bonds is 3. The van der Waals surface area contributed by atoms with Crippen molar-refractivity contribution in [2.24, 2.45) is 5.92 Å². The number of carbonyl (C=O) groups excluding carboxylic acids is 2. The molecule has 0 spiro atoms. The second-order valence-electron chi connectivity index (χ2n) is 7.21. The van der Waals surface area contributed by atoms with E-state index in [9.17, 15) is 33.0 Å². The Bertz CT molecular complexity index is 1210. The second kappa shape index (κ2) is 6.92. The lowest BCUT2D eigenvalue weighted by molar-refractivity contribution is -0.142. The number of hydrogen-bond acceptors (Lipinski definition) is 7. The van der Waals surface area contributed by atoms with Gasteiger partial charge in [0, 0.05) is 29.8 Å². The minimum atomic E-state index is -4.35. The number of nitrogens with zero attached hydrogens (tertiary/aromatic N) is 1. The molecule has 1 aliphatic heterocycles. The SMILES string of the molecule is O=C1c2ccccc2C(=O)c2c1cc(S(=O)(=O)N1CCC(C(=O)O)CC1)c(O)c2O. The van der Waals surface area contributed by atoms with Crippen molar-refractivity contribution in [3.05, 3.63) is 52.6 Å². The Kier molecular flexibility index (Phi) is 4.63. The maximum absolute atomic E-state index is 13.1. The molecule has 2 aromatic carbocycles. The molecular weight excluding hydrogens is 414 g/mol. The van der Waals surface area contributed by atoms with Crippen molar-refractivity contribution in [1.82, 2.24) is 4.31 Å². The van der Waals surface area contributed by atoms with Crippen LogP contribution in [0.5, 0.6) is 11.5 Å². The van der Waals surface area contributed by atoms with E-state index >= 15 is 0 Å². The molecule has 0 bridgehead atoms. The van der Waals surface area contributed by atoms with Gasteiger partial charge in [-0.05, 0) is 18.9 Å². The van der Waals surface area contributed by atoms with E-state index in [1.807, 2.05) is 0 Å². The standard InChI is InChI=1S/C20H17NO8S/c22-16-11-3-1-2-4-12(11)17(23)15-13(16)9-14(18(24)19(15)25)30(28,29)21-7-5-10(6-8-21)20(26)27/h1-4,9-10,24-25H,5-8H2,(H,26,27). The maximum Gasteiger partial charge on any atom is 0.306 e. The first-order chi connectivity index (χ1) is 14.1. The predicted octanol–water partition coefficient (Wildman–Crippen LogP) is 1.36. The Morgan fingerprint density at radius 3 is 2.07 bits per heavy atom. The second-order valence-corrected chi connectivity index (χ2v) is 9.12. The molecule has 0 unspecified atom stereocenters. The summed E-state index contributed by atoms with van der Waals surface area (Å²) < 4.78 is 27.1. The van der Waals surface area contributed by atoms with Gasteiger partial charge in [0.1, 0.15) is 4.90 Å². The van der Waals surface area contributed by atoms with Gasteiger partial charge in [-0.1, -0.05) is 24.3 Å². The van der Waals surface area contributed by atoms with E-state index < -0.39 is 55.4 Å². The monoisotopic (exact) mass is 431 g/mol. The highest BCUT2D eigenvalue weighted by molar-refractivity contribution is 7.89. The van der Waals surface area contributed by atoms with Crippen molar-refractivity contribution in [1.29, 1.82) is 0 Å². The number of aromatic hydroxyl groups is 2. The van der Waals surface area contributed by atoms with Crippen LogP contribution in [0.15, 0.2) is 35.2 Å². The van der Waals surface area contributed by atoms with Gasteiger partial charge >= 0.3 is 5.97 Å². The summed E-state index contributed by atoms with van der Waals surface area (Å²) >= 11 is 0. The third-order valence-electron chi connectivity index (χ3n) is 5.55. The van der Waals surface area contributed by atoms with Crippen LogP contribution < -0.4 is 0 Å². The summed E-state index contributed by atoms with van der Waals surface area (Å²) in [7, 11) is -4.35. The summed E-state index contributed by atoms with van der Waals surface area (Å²) in [4.78, 5) is 36.0. The molecule has 30 heavy (non-hydrogen) atoms. The van der Waals surface area contributed by atoms with Crippen molar-refractivity contribution in [3.63, 3.8) is 0 Å². The van der Waals surface area contributed by atoms with Crippen molar-refractivity contribution < 1.29 is 38.1 Å². The van der Waals surface area contributed by atoms with Gasteiger partial charge in [0.05, 0.1) is 11.5 Å². The normalized spacial score (nSPS) is 17.5. The highest BCUT2D eigenvalue weighted by Gasteiger charge is 2.39. The third-order valence-corrected chi connectivity index (χ3v) is 7.46. The topological polar surface area (TPSA) is 149 Å². The number of aliphatic carboxylic acids is 1. The van der Waals surface area contributed by atoms with Gasteiger partial charge < -0.3 is 15.3 Å². The predicted molar refractivity (Wildman–Crippen MR) is 102 cm³/mol. The molecule has 10 heteroatoms. The number of ketones is 2.